The number of unbranched alkanes of at least 4 members (excludes halogenated alkanes) is 1. The fourth-order valence-corrected chi connectivity index (χ4v) is 2.69. The van der Waals surface area contributed by atoms with Crippen LogP contribution in [0.1, 0.15) is 30.4 Å². The van der Waals surface area contributed by atoms with Gasteiger partial charge in [-0.25, -0.2) is 0 Å². The number of likely N-dealkylation sites (tertiary alicyclic amines) is 1. The van der Waals surface area contributed by atoms with Gasteiger partial charge in [0.2, 0.25) is 0 Å². The molecule has 1 saturated heterocycles. The first-order valence-corrected chi connectivity index (χ1v) is 7.99. The van der Waals surface area contributed by atoms with Crippen molar-refractivity contribution in [3.63, 3.8) is 0 Å². The molecule has 4 nitrogen and oxygen atoms in total. The molecule has 0 aliphatic carbocycles. The van der Waals surface area contributed by atoms with Crippen LogP contribution in [0.3, 0.4) is 0 Å². The molecule has 0 spiro atoms. The number of aryl methyl sites for hydroxylation is 1. The van der Waals surface area contributed by atoms with Gasteiger partial charge in [-0.05, 0) is 37.0 Å². The Kier molecular flexibility index (Phi) is 6.10. The van der Waals surface area contributed by atoms with Crippen LogP contribution in [0.15, 0.2) is 18.2 Å². The lowest BCUT2D eigenvalue weighted by Crippen LogP contribution is -2.49. The quantitative estimate of drug-likeness (QED) is 0.731. The summed E-state index contributed by atoms with van der Waals surface area (Å²) in [4.78, 5) is 12.8. The molecule has 134 valence electrons. The summed E-state index contributed by atoms with van der Waals surface area (Å²) in [6, 6.07) is 5.70. The van der Waals surface area contributed by atoms with Crippen LogP contribution in [0.4, 0.5) is 13.2 Å². The zero-order chi connectivity index (χ0) is 17.7. The predicted octanol–water partition coefficient (Wildman–Crippen LogP) is 3.62. The molecule has 0 aromatic heterocycles. The molecule has 0 bridgehead atoms. The minimum Gasteiger partial charge on any atom is -0.493 e. The van der Waals surface area contributed by atoms with Crippen molar-refractivity contribution in [2.24, 2.45) is 5.92 Å². The minimum absolute atomic E-state index is 0.0698. The highest BCUT2D eigenvalue weighted by atomic mass is 19.4. The SMILES string of the molecule is Cc1cc(CN2CC(C(=O)O)C2)ccc1OCCCCC(F)(F)F. The lowest BCUT2D eigenvalue weighted by molar-refractivity contribution is -0.147. The lowest BCUT2D eigenvalue weighted by Gasteiger charge is -2.36. The van der Waals surface area contributed by atoms with Gasteiger partial charge in [0.05, 0.1) is 12.5 Å². The summed E-state index contributed by atoms with van der Waals surface area (Å²) in [7, 11) is 0. The van der Waals surface area contributed by atoms with E-state index in [0.717, 1.165) is 11.1 Å². The van der Waals surface area contributed by atoms with E-state index >= 15 is 0 Å². The zero-order valence-corrected chi connectivity index (χ0v) is 13.6. The molecule has 0 radical (unpaired) electrons. The van der Waals surface area contributed by atoms with Gasteiger partial charge in [0.15, 0.2) is 0 Å². The Bertz CT molecular complexity index is 569. The molecule has 7 heteroatoms. The van der Waals surface area contributed by atoms with Crippen molar-refractivity contribution < 1.29 is 27.8 Å². The van der Waals surface area contributed by atoms with Gasteiger partial charge in [0.25, 0.3) is 0 Å². The zero-order valence-electron chi connectivity index (χ0n) is 13.6. The predicted molar refractivity (Wildman–Crippen MR) is 83.0 cm³/mol. The van der Waals surface area contributed by atoms with E-state index in [9.17, 15) is 18.0 Å². The second-order valence-electron chi connectivity index (χ2n) is 6.25. The van der Waals surface area contributed by atoms with E-state index in [-0.39, 0.29) is 18.9 Å². The number of halogens is 3. The molecule has 1 aromatic rings. The number of ether oxygens (including phenoxy) is 1. The molecule has 0 saturated carbocycles. The highest BCUT2D eigenvalue weighted by molar-refractivity contribution is 5.71. The monoisotopic (exact) mass is 345 g/mol. The Morgan fingerprint density at radius 2 is 2.04 bits per heavy atom. The topological polar surface area (TPSA) is 49.8 Å². The number of carbonyl (C=O) groups is 1. The third-order valence-corrected chi connectivity index (χ3v) is 4.06. The van der Waals surface area contributed by atoms with Crippen molar-refractivity contribution >= 4 is 5.97 Å². The number of rotatable bonds is 8. The Morgan fingerprint density at radius 3 is 2.62 bits per heavy atom. The van der Waals surface area contributed by atoms with E-state index < -0.39 is 18.6 Å². The van der Waals surface area contributed by atoms with Gasteiger partial charge < -0.3 is 9.84 Å². The van der Waals surface area contributed by atoms with E-state index in [1.807, 2.05) is 25.1 Å². The van der Waals surface area contributed by atoms with Crippen LogP contribution in [0.25, 0.3) is 0 Å². The molecular weight excluding hydrogens is 323 g/mol. The van der Waals surface area contributed by atoms with Crippen LogP contribution >= 0.6 is 0 Å². The summed E-state index contributed by atoms with van der Waals surface area (Å²) >= 11 is 0. The maximum Gasteiger partial charge on any atom is 0.389 e. The van der Waals surface area contributed by atoms with Crippen molar-refractivity contribution in [3.05, 3.63) is 29.3 Å². The van der Waals surface area contributed by atoms with E-state index in [2.05, 4.69) is 4.90 Å². The highest BCUT2D eigenvalue weighted by Gasteiger charge is 2.32. The number of benzene rings is 1. The molecule has 2 rings (SSSR count). The average Bonchev–Trinajstić information content (AvgIpc) is 2.42. The summed E-state index contributed by atoms with van der Waals surface area (Å²) in [5.41, 5.74) is 2.00. The number of carboxylic acid groups (broad SMARTS) is 1. The van der Waals surface area contributed by atoms with Gasteiger partial charge >= 0.3 is 12.1 Å². The maximum atomic E-state index is 12.0. The Hall–Kier alpha value is -1.76. The Morgan fingerprint density at radius 1 is 1.33 bits per heavy atom. The summed E-state index contributed by atoms with van der Waals surface area (Å²) < 4.78 is 41.7. The second-order valence-corrected chi connectivity index (χ2v) is 6.25. The van der Waals surface area contributed by atoms with Crippen LogP contribution in [-0.2, 0) is 11.3 Å². The smallest absolute Gasteiger partial charge is 0.389 e. The molecule has 1 aromatic carbocycles. The third-order valence-electron chi connectivity index (χ3n) is 4.06. The number of carboxylic acids is 1. The van der Waals surface area contributed by atoms with Gasteiger partial charge in [-0.3, -0.25) is 9.69 Å². The molecule has 24 heavy (non-hydrogen) atoms. The number of hydrogen-bond donors (Lipinski definition) is 1. The average molecular weight is 345 g/mol. The van der Waals surface area contributed by atoms with Crippen LogP contribution in [0.2, 0.25) is 0 Å². The molecule has 1 N–H and O–H groups in total. The van der Waals surface area contributed by atoms with Crippen molar-refractivity contribution in [2.75, 3.05) is 19.7 Å². The van der Waals surface area contributed by atoms with E-state index in [4.69, 9.17) is 9.84 Å². The fourth-order valence-electron chi connectivity index (χ4n) is 2.69. The number of hydrogen-bond acceptors (Lipinski definition) is 3. The first-order valence-electron chi connectivity index (χ1n) is 7.99. The number of nitrogens with zero attached hydrogens (tertiary/aromatic N) is 1. The maximum absolute atomic E-state index is 12.0. The van der Waals surface area contributed by atoms with Gasteiger partial charge in [0.1, 0.15) is 5.75 Å². The summed E-state index contributed by atoms with van der Waals surface area (Å²) in [6.45, 7) is 3.97. The molecule has 0 unspecified atom stereocenters. The normalized spacial score (nSPS) is 16.0. The van der Waals surface area contributed by atoms with E-state index in [1.54, 1.807) is 0 Å². The molecular formula is C17H22F3NO3. The largest absolute Gasteiger partial charge is 0.493 e. The van der Waals surface area contributed by atoms with Crippen LogP contribution in [0, 0.1) is 12.8 Å². The van der Waals surface area contributed by atoms with E-state index in [1.165, 1.54) is 0 Å². The van der Waals surface area contributed by atoms with Gasteiger partial charge in [-0.1, -0.05) is 12.1 Å². The molecule has 1 fully saturated rings. The Balaban J connectivity index is 1.73. The molecule has 0 atom stereocenters. The van der Waals surface area contributed by atoms with Crippen molar-refractivity contribution in [2.45, 2.75) is 38.9 Å². The molecule has 0 amide bonds. The van der Waals surface area contributed by atoms with Crippen molar-refractivity contribution in [1.82, 2.24) is 4.90 Å². The van der Waals surface area contributed by atoms with Crippen molar-refractivity contribution in [3.8, 4) is 5.75 Å². The molecule has 1 aliphatic rings. The van der Waals surface area contributed by atoms with Gasteiger partial charge in [0, 0.05) is 26.1 Å². The van der Waals surface area contributed by atoms with Gasteiger partial charge in [-0.15, -0.1) is 0 Å². The summed E-state index contributed by atoms with van der Waals surface area (Å²) in [5, 5.41) is 8.86. The molecule has 1 heterocycles. The first kappa shape index (κ1) is 18.6. The number of aliphatic carboxylic acids is 1. The van der Waals surface area contributed by atoms with Crippen LogP contribution in [-0.4, -0.2) is 41.8 Å². The van der Waals surface area contributed by atoms with E-state index in [0.29, 0.717) is 31.8 Å². The summed E-state index contributed by atoms with van der Waals surface area (Å²) in [5.74, 6) is -0.347. The van der Waals surface area contributed by atoms with Gasteiger partial charge in [-0.2, -0.15) is 13.2 Å². The first-order chi connectivity index (χ1) is 11.2. The third kappa shape index (κ3) is 5.70. The van der Waals surface area contributed by atoms with Crippen LogP contribution in [0.5, 0.6) is 5.75 Å². The second kappa shape index (κ2) is 7.88. The minimum atomic E-state index is -4.10. The lowest BCUT2D eigenvalue weighted by atomic mass is 9.99. The highest BCUT2D eigenvalue weighted by Crippen LogP contribution is 2.25. The standard InChI is InChI=1S/C17H22F3NO3/c1-12-8-13(9-21-10-14(11-21)16(22)23)4-5-15(12)24-7-3-2-6-17(18,19)20/h4-5,8,14H,2-3,6-7,9-11H2,1H3,(H,22,23). The Labute approximate surface area is 139 Å². The summed E-state index contributed by atoms with van der Waals surface area (Å²) in [6.07, 6.45) is -4.44. The number of alkyl halides is 3. The fraction of sp³-hybridized carbons (Fsp3) is 0.588. The van der Waals surface area contributed by atoms with Crippen molar-refractivity contribution in [1.29, 1.82) is 0 Å². The van der Waals surface area contributed by atoms with Crippen LogP contribution < -0.4 is 4.74 Å². The molecule has 1 aliphatic heterocycles.